The van der Waals surface area contributed by atoms with Crippen LogP contribution in [-0.4, -0.2) is 11.7 Å². The maximum absolute atomic E-state index is 10.2. The van der Waals surface area contributed by atoms with Gasteiger partial charge in [0.25, 0.3) is 0 Å². The van der Waals surface area contributed by atoms with Crippen LogP contribution in [0.3, 0.4) is 0 Å². The van der Waals surface area contributed by atoms with E-state index in [4.69, 9.17) is 11.6 Å². The van der Waals surface area contributed by atoms with Gasteiger partial charge in [-0.3, -0.25) is 4.79 Å². The third kappa shape index (κ3) is 1.48. The van der Waals surface area contributed by atoms with Crippen molar-refractivity contribution in [3.8, 4) is 0 Å². The third-order valence-electron chi connectivity index (χ3n) is 1.58. The molecule has 0 bridgehead atoms. The molecule has 0 spiro atoms. The van der Waals surface area contributed by atoms with Crippen LogP contribution in [0.25, 0.3) is 0 Å². The number of rotatable bonds is 1. The molecule has 2 atom stereocenters. The predicted molar refractivity (Wildman–Crippen MR) is 42.1 cm³/mol. The van der Waals surface area contributed by atoms with Gasteiger partial charge in [0, 0.05) is 5.57 Å². The van der Waals surface area contributed by atoms with Crippen molar-refractivity contribution in [1.29, 1.82) is 0 Å². The summed E-state index contributed by atoms with van der Waals surface area (Å²) in [6.45, 7) is 2.02. The average Bonchev–Trinajstić information content (AvgIpc) is 1.95. The molecule has 2 unspecified atom stereocenters. The van der Waals surface area contributed by atoms with Gasteiger partial charge in [-0.25, -0.2) is 0 Å². The molecule has 0 aromatic rings. The van der Waals surface area contributed by atoms with Crippen molar-refractivity contribution in [1.82, 2.24) is 0 Å². The lowest BCUT2D eigenvalue weighted by molar-refractivity contribution is -0.104. The van der Waals surface area contributed by atoms with Crippen molar-refractivity contribution >= 4 is 17.9 Å². The summed E-state index contributed by atoms with van der Waals surface area (Å²) in [4.78, 5) is 10.2. The molecule has 0 aromatic carbocycles. The second-order valence-electron chi connectivity index (χ2n) is 2.45. The fraction of sp³-hybridized carbons (Fsp3) is 0.375. The van der Waals surface area contributed by atoms with Crippen molar-refractivity contribution in [2.24, 2.45) is 5.92 Å². The fourth-order valence-electron chi connectivity index (χ4n) is 0.839. The highest BCUT2D eigenvalue weighted by Crippen LogP contribution is 2.19. The summed E-state index contributed by atoms with van der Waals surface area (Å²) in [7, 11) is 0. The summed E-state index contributed by atoms with van der Waals surface area (Å²) in [6, 6.07) is 0. The van der Waals surface area contributed by atoms with E-state index in [1.54, 1.807) is 12.2 Å². The Kier molecular flexibility index (Phi) is 2.28. The van der Waals surface area contributed by atoms with Crippen molar-refractivity contribution < 1.29 is 4.79 Å². The van der Waals surface area contributed by atoms with E-state index in [1.165, 1.54) is 0 Å². The Hall–Kier alpha value is -0.560. The lowest BCUT2D eigenvalue weighted by Gasteiger charge is -2.14. The first-order valence-electron chi connectivity index (χ1n) is 3.23. The number of hydrogen-bond donors (Lipinski definition) is 0. The Morgan fingerprint density at radius 3 is 2.90 bits per heavy atom. The molecule has 0 amide bonds. The van der Waals surface area contributed by atoms with Gasteiger partial charge in [0.15, 0.2) is 0 Å². The van der Waals surface area contributed by atoms with Gasteiger partial charge in [0.2, 0.25) is 0 Å². The first kappa shape index (κ1) is 7.55. The highest BCUT2D eigenvalue weighted by molar-refractivity contribution is 6.22. The maximum atomic E-state index is 10.2. The molecule has 1 aliphatic carbocycles. The van der Waals surface area contributed by atoms with Crippen molar-refractivity contribution in [3.63, 3.8) is 0 Å². The molecule has 0 aromatic heterocycles. The minimum atomic E-state index is -0.0230. The topological polar surface area (TPSA) is 17.1 Å². The molecule has 2 heteroatoms. The minimum absolute atomic E-state index is 0.0230. The lowest BCUT2D eigenvalue weighted by Crippen LogP contribution is -2.10. The van der Waals surface area contributed by atoms with Crippen LogP contribution < -0.4 is 0 Å². The smallest absolute Gasteiger partial charge is 0.149 e. The van der Waals surface area contributed by atoms with E-state index in [0.29, 0.717) is 11.5 Å². The average molecular weight is 157 g/mol. The van der Waals surface area contributed by atoms with Crippen LogP contribution in [0.2, 0.25) is 0 Å². The summed E-state index contributed by atoms with van der Waals surface area (Å²) >= 11 is 5.85. The van der Waals surface area contributed by atoms with Gasteiger partial charge in [-0.15, -0.1) is 11.6 Å². The van der Waals surface area contributed by atoms with E-state index in [2.05, 4.69) is 0 Å². The Morgan fingerprint density at radius 2 is 2.40 bits per heavy atom. The fourth-order valence-corrected chi connectivity index (χ4v) is 1.07. The Labute approximate surface area is 65.4 Å². The van der Waals surface area contributed by atoms with E-state index in [-0.39, 0.29) is 5.38 Å². The van der Waals surface area contributed by atoms with Crippen LogP contribution in [0.5, 0.6) is 0 Å². The Balaban J connectivity index is 2.75. The van der Waals surface area contributed by atoms with Crippen molar-refractivity contribution in [3.05, 3.63) is 23.8 Å². The van der Waals surface area contributed by atoms with Gasteiger partial charge in [-0.1, -0.05) is 25.2 Å². The summed E-state index contributed by atoms with van der Waals surface area (Å²) in [5, 5.41) is -0.0230. The zero-order chi connectivity index (χ0) is 7.56. The van der Waals surface area contributed by atoms with E-state index >= 15 is 0 Å². The second kappa shape index (κ2) is 3.02. The molecule has 10 heavy (non-hydrogen) atoms. The van der Waals surface area contributed by atoms with Gasteiger partial charge in [0.05, 0.1) is 5.38 Å². The number of allylic oxidation sites excluding steroid dienone is 4. The highest BCUT2D eigenvalue weighted by atomic mass is 35.5. The van der Waals surface area contributed by atoms with E-state index in [1.807, 2.05) is 13.0 Å². The standard InChI is InChI=1S/C8H9ClO/c1-6-2-3-7(5-10)4-8(6)9/h2-6,8H,1H3. The van der Waals surface area contributed by atoms with Crippen LogP contribution in [0.1, 0.15) is 6.92 Å². The molecule has 1 nitrogen and oxygen atoms in total. The van der Waals surface area contributed by atoms with Gasteiger partial charge in [-0.05, 0) is 5.92 Å². The number of aldehydes is 1. The monoisotopic (exact) mass is 156 g/mol. The number of hydrogen-bond acceptors (Lipinski definition) is 1. The molecule has 1 rings (SSSR count). The van der Waals surface area contributed by atoms with Gasteiger partial charge >= 0.3 is 0 Å². The molecule has 0 saturated carbocycles. The first-order valence-corrected chi connectivity index (χ1v) is 3.67. The summed E-state index contributed by atoms with van der Waals surface area (Å²) in [6.07, 6.45) is 6.34. The number of carbonyl (C=O) groups excluding carboxylic acids is 1. The second-order valence-corrected chi connectivity index (χ2v) is 2.95. The SMILES string of the molecule is CC1C=CC(C=O)=CC1Cl. The molecule has 0 fully saturated rings. The quantitative estimate of drug-likeness (QED) is 0.419. The largest absolute Gasteiger partial charge is 0.298 e. The van der Waals surface area contributed by atoms with Crippen molar-refractivity contribution in [2.45, 2.75) is 12.3 Å². The molecule has 0 heterocycles. The lowest BCUT2D eigenvalue weighted by atomic mass is 9.99. The molecule has 0 saturated heterocycles. The molecule has 54 valence electrons. The van der Waals surface area contributed by atoms with Crippen LogP contribution in [0, 0.1) is 5.92 Å². The number of halogens is 1. The van der Waals surface area contributed by atoms with Crippen LogP contribution in [0.4, 0.5) is 0 Å². The van der Waals surface area contributed by atoms with Gasteiger partial charge < -0.3 is 0 Å². The zero-order valence-corrected chi connectivity index (χ0v) is 6.51. The zero-order valence-electron chi connectivity index (χ0n) is 5.75. The number of alkyl halides is 1. The number of carbonyl (C=O) groups is 1. The van der Waals surface area contributed by atoms with Crippen molar-refractivity contribution in [2.75, 3.05) is 0 Å². The predicted octanol–water partition coefficient (Wildman–Crippen LogP) is 1.93. The summed E-state index contributed by atoms with van der Waals surface area (Å²) in [5.41, 5.74) is 0.679. The molecular weight excluding hydrogens is 148 g/mol. The molecule has 0 N–H and O–H groups in total. The Morgan fingerprint density at radius 1 is 1.70 bits per heavy atom. The highest BCUT2D eigenvalue weighted by Gasteiger charge is 2.12. The molecule has 0 aliphatic heterocycles. The van der Waals surface area contributed by atoms with Crippen LogP contribution in [-0.2, 0) is 4.79 Å². The minimum Gasteiger partial charge on any atom is -0.298 e. The first-order chi connectivity index (χ1) is 4.74. The third-order valence-corrected chi connectivity index (χ3v) is 2.11. The van der Waals surface area contributed by atoms with E-state index < -0.39 is 0 Å². The normalized spacial score (nSPS) is 31.6. The summed E-state index contributed by atoms with van der Waals surface area (Å²) in [5.74, 6) is 0.338. The molecule has 1 aliphatic rings. The van der Waals surface area contributed by atoms with Gasteiger partial charge in [0.1, 0.15) is 6.29 Å². The van der Waals surface area contributed by atoms with Crippen LogP contribution >= 0.6 is 11.6 Å². The van der Waals surface area contributed by atoms with Gasteiger partial charge in [-0.2, -0.15) is 0 Å². The summed E-state index contributed by atoms with van der Waals surface area (Å²) < 4.78 is 0. The van der Waals surface area contributed by atoms with E-state index in [0.717, 1.165) is 6.29 Å². The van der Waals surface area contributed by atoms with Crippen LogP contribution in [0.15, 0.2) is 23.8 Å². The molecule has 0 radical (unpaired) electrons. The maximum Gasteiger partial charge on any atom is 0.149 e. The molecular formula is C8H9ClO. The Bertz CT molecular complexity index is 193. The van der Waals surface area contributed by atoms with E-state index in [9.17, 15) is 4.79 Å².